The Morgan fingerprint density at radius 1 is 1.03 bits per heavy atom. The van der Waals surface area contributed by atoms with E-state index < -0.39 is 15.8 Å². The van der Waals surface area contributed by atoms with Crippen molar-refractivity contribution in [2.24, 2.45) is 0 Å². The molecule has 4 aromatic rings. The summed E-state index contributed by atoms with van der Waals surface area (Å²) in [6, 6.07) is 18.6. The molecule has 9 heteroatoms. The first-order valence-corrected chi connectivity index (χ1v) is 12.4. The predicted octanol–water partition coefficient (Wildman–Crippen LogP) is 5.43. The maximum atomic E-state index is 13.9. The minimum absolute atomic E-state index is 0.137. The number of carbonyl (C=O) groups excluding carboxylic acids is 1. The molecule has 2 aromatic carbocycles. The van der Waals surface area contributed by atoms with Crippen LogP contribution in [0.2, 0.25) is 0 Å². The molecular weight excluding hydrogens is 463 g/mol. The van der Waals surface area contributed by atoms with Crippen molar-refractivity contribution in [1.82, 2.24) is 4.90 Å². The van der Waals surface area contributed by atoms with Crippen LogP contribution in [0.15, 0.2) is 88.4 Å². The summed E-state index contributed by atoms with van der Waals surface area (Å²) in [5.41, 5.74) is 0.0352. The number of rotatable bonds is 8. The third kappa shape index (κ3) is 5.50. The summed E-state index contributed by atoms with van der Waals surface area (Å²) in [6.45, 7) is 2.57. The Morgan fingerprint density at radius 2 is 1.85 bits per heavy atom. The molecule has 0 aliphatic rings. The van der Waals surface area contributed by atoms with Crippen molar-refractivity contribution in [3.63, 3.8) is 0 Å². The summed E-state index contributed by atoms with van der Waals surface area (Å²) in [5, 5.41) is 0. The third-order valence-corrected chi connectivity index (χ3v) is 7.21. The molecule has 170 valence electrons. The number of furan rings is 1. The van der Waals surface area contributed by atoms with Crippen LogP contribution in [0.4, 0.5) is 10.1 Å². The van der Waals surface area contributed by atoms with Gasteiger partial charge in [0.1, 0.15) is 11.6 Å². The first-order valence-electron chi connectivity index (χ1n) is 10.1. The number of sulfonamides is 1. The SMILES string of the molecule is Cc1ccc(CN(Cc2ccco2)C(=O)c2cccc(S(=O)(=O)Nc3ccccc3F)c2)s1. The Hall–Kier alpha value is -3.43. The standard InChI is InChI=1S/C24H21FN2O4S2/c1-17-11-12-20(32-17)16-27(15-19-7-5-13-31-19)24(28)18-6-4-8-21(14-18)33(29,30)26-23-10-3-2-9-22(23)25/h2-14,26H,15-16H2,1H3. The molecule has 0 aliphatic heterocycles. The lowest BCUT2D eigenvalue weighted by atomic mass is 10.2. The molecule has 0 atom stereocenters. The number of anilines is 1. The number of nitrogens with one attached hydrogen (secondary N) is 1. The lowest BCUT2D eigenvalue weighted by Gasteiger charge is -2.21. The number of aryl methyl sites for hydroxylation is 1. The van der Waals surface area contributed by atoms with Crippen molar-refractivity contribution in [2.45, 2.75) is 24.9 Å². The van der Waals surface area contributed by atoms with E-state index in [4.69, 9.17) is 4.42 Å². The van der Waals surface area contributed by atoms with Gasteiger partial charge in [-0.1, -0.05) is 18.2 Å². The Bertz CT molecular complexity index is 1360. The molecule has 0 unspecified atom stereocenters. The van der Waals surface area contributed by atoms with Crippen LogP contribution in [0.25, 0.3) is 0 Å². The molecule has 0 radical (unpaired) electrons. The van der Waals surface area contributed by atoms with Crippen molar-refractivity contribution < 1.29 is 22.0 Å². The Balaban J connectivity index is 1.61. The number of carbonyl (C=O) groups is 1. The van der Waals surface area contributed by atoms with Gasteiger partial charge in [0.2, 0.25) is 0 Å². The van der Waals surface area contributed by atoms with E-state index in [0.717, 1.165) is 15.8 Å². The fourth-order valence-corrected chi connectivity index (χ4v) is 5.29. The molecule has 2 heterocycles. The zero-order valence-electron chi connectivity index (χ0n) is 17.7. The maximum absolute atomic E-state index is 13.9. The Morgan fingerprint density at radius 3 is 2.55 bits per heavy atom. The van der Waals surface area contributed by atoms with Crippen molar-refractivity contribution >= 4 is 33.0 Å². The summed E-state index contributed by atoms with van der Waals surface area (Å²) >= 11 is 1.59. The Kier molecular flexibility index (Phi) is 6.62. The van der Waals surface area contributed by atoms with Crippen LogP contribution in [0.1, 0.15) is 25.9 Å². The van der Waals surface area contributed by atoms with Gasteiger partial charge in [-0.3, -0.25) is 9.52 Å². The van der Waals surface area contributed by atoms with Gasteiger partial charge in [-0.05, 0) is 61.5 Å². The summed E-state index contributed by atoms with van der Waals surface area (Å²) in [5.74, 6) is -0.425. The van der Waals surface area contributed by atoms with E-state index in [-0.39, 0.29) is 28.6 Å². The van der Waals surface area contributed by atoms with Crippen LogP contribution in [-0.2, 0) is 23.1 Å². The molecule has 4 rings (SSSR count). The van der Waals surface area contributed by atoms with E-state index in [1.807, 2.05) is 19.1 Å². The minimum atomic E-state index is -4.10. The summed E-state index contributed by atoms with van der Waals surface area (Å²) < 4.78 is 47.3. The van der Waals surface area contributed by atoms with Crippen LogP contribution in [-0.4, -0.2) is 19.2 Å². The number of halogens is 1. The van der Waals surface area contributed by atoms with Gasteiger partial charge in [-0.25, -0.2) is 12.8 Å². The first kappa shape index (κ1) is 22.8. The van der Waals surface area contributed by atoms with Gasteiger partial charge in [0, 0.05) is 15.3 Å². The molecule has 2 aromatic heterocycles. The predicted molar refractivity (Wildman–Crippen MR) is 125 cm³/mol. The monoisotopic (exact) mass is 484 g/mol. The van der Waals surface area contributed by atoms with Crippen LogP contribution < -0.4 is 4.72 Å². The highest BCUT2D eigenvalue weighted by atomic mass is 32.2. The fraction of sp³-hybridized carbons (Fsp3) is 0.125. The first-order chi connectivity index (χ1) is 15.8. The van der Waals surface area contributed by atoms with Crippen molar-refractivity contribution in [2.75, 3.05) is 4.72 Å². The number of benzene rings is 2. The van der Waals surface area contributed by atoms with Gasteiger partial charge in [0.15, 0.2) is 0 Å². The van der Waals surface area contributed by atoms with Gasteiger partial charge in [0.25, 0.3) is 15.9 Å². The highest BCUT2D eigenvalue weighted by Crippen LogP contribution is 2.23. The van der Waals surface area contributed by atoms with Gasteiger partial charge < -0.3 is 9.32 Å². The zero-order valence-corrected chi connectivity index (χ0v) is 19.3. The molecule has 1 amide bonds. The maximum Gasteiger partial charge on any atom is 0.262 e. The number of para-hydroxylation sites is 1. The lowest BCUT2D eigenvalue weighted by Crippen LogP contribution is -2.30. The highest BCUT2D eigenvalue weighted by molar-refractivity contribution is 7.92. The van der Waals surface area contributed by atoms with E-state index in [0.29, 0.717) is 12.3 Å². The van der Waals surface area contributed by atoms with Crippen LogP contribution in [0.3, 0.4) is 0 Å². The zero-order chi connectivity index (χ0) is 23.4. The normalized spacial score (nSPS) is 11.3. The molecule has 0 spiro atoms. The van der Waals surface area contributed by atoms with Gasteiger partial charge in [-0.15, -0.1) is 11.3 Å². The molecule has 33 heavy (non-hydrogen) atoms. The molecule has 0 aliphatic carbocycles. The molecular formula is C24H21FN2O4S2. The number of hydrogen-bond donors (Lipinski definition) is 1. The Labute approximate surface area is 195 Å². The second-order valence-corrected chi connectivity index (χ2v) is 10.4. The van der Waals surface area contributed by atoms with Crippen molar-refractivity contribution in [1.29, 1.82) is 0 Å². The molecule has 0 saturated heterocycles. The van der Waals surface area contributed by atoms with E-state index in [1.165, 1.54) is 42.7 Å². The van der Waals surface area contributed by atoms with E-state index in [9.17, 15) is 17.6 Å². The topological polar surface area (TPSA) is 79.6 Å². The van der Waals surface area contributed by atoms with Gasteiger partial charge in [0.05, 0.1) is 29.9 Å². The number of nitrogens with zero attached hydrogens (tertiary/aromatic N) is 1. The van der Waals surface area contributed by atoms with Gasteiger partial charge >= 0.3 is 0 Å². The molecule has 1 N–H and O–H groups in total. The van der Waals surface area contributed by atoms with E-state index in [1.54, 1.807) is 34.4 Å². The van der Waals surface area contributed by atoms with Crippen LogP contribution >= 0.6 is 11.3 Å². The molecule has 0 fully saturated rings. The molecule has 6 nitrogen and oxygen atoms in total. The summed E-state index contributed by atoms with van der Waals surface area (Å²) in [4.78, 5) is 17.0. The van der Waals surface area contributed by atoms with Gasteiger partial charge in [-0.2, -0.15) is 0 Å². The van der Waals surface area contributed by atoms with Crippen LogP contribution in [0.5, 0.6) is 0 Å². The number of hydrogen-bond acceptors (Lipinski definition) is 5. The van der Waals surface area contributed by atoms with E-state index in [2.05, 4.69) is 4.72 Å². The smallest absolute Gasteiger partial charge is 0.262 e. The molecule has 0 saturated carbocycles. The third-order valence-electron chi connectivity index (χ3n) is 4.87. The quantitative estimate of drug-likeness (QED) is 0.362. The average molecular weight is 485 g/mol. The molecule has 0 bridgehead atoms. The fourth-order valence-electron chi connectivity index (χ4n) is 3.27. The summed E-state index contributed by atoms with van der Waals surface area (Å²) in [7, 11) is -4.10. The second-order valence-electron chi connectivity index (χ2n) is 7.37. The minimum Gasteiger partial charge on any atom is -0.467 e. The average Bonchev–Trinajstić information content (AvgIpc) is 3.46. The second kappa shape index (κ2) is 9.60. The number of thiophene rings is 1. The van der Waals surface area contributed by atoms with Crippen molar-refractivity contribution in [3.8, 4) is 0 Å². The van der Waals surface area contributed by atoms with Crippen molar-refractivity contribution in [3.05, 3.63) is 106 Å². The highest BCUT2D eigenvalue weighted by Gasteiger charge is 2.22. The number of amides is 1. The largest absolute Gasteiger partial charge is 0.467 e. The lowest BCUT2D eigenvalue weighted by molar-refractivity contribution is 0.0719. The summed E-state index contributed by atoms with van der Waals surface area (Å²) in [6.07, 6.45) is 1.54. The van der Waals surface area contributed by atoms with Crippen LogP contribution in [0, 0.1) is 12.7 Å². The van der Waals surface area contributed by atoms with E-state index >= 15 is 0 Å².